The Labute approximate surface area is 113 Å². The van der Waals surface area contributed by atoms with Crippen LogP contribution in [-0.4, -0.2) is 6.61 Å². The average molecular weight is 300 g/mol. The van der Waals surface area contributed by atoms with Gasteiger partial charge in [-0.1, -0.05) is 42.8 Å². The summed E-state index contributed by atoms with van der Waals surface area (Å²) in [6.45, 7) is 9.33. The molecule has 0 saturated heterocycles. The van der Waals surface area contributed by atoms with Crippen LogP contribution in [0.15, 0.2) is 22.7 Å². The first kappa shape index (κ1) is 14.5. The highest BCUT2D eigenvalue weighted by atomic mass is 79.9. The third kappa shape index (κ3) is 5.09. The van der Waals surface area contributed by atoms with Crippen LogP contribution in [-0.2, 0) is 0 Å². The number of hydrogen-bond acceptors (Lipinski definition) is 2. The molecule has 0 saturated carbocycles. The van der Waals surface area contributed by atoms with Gasteiger partial charge in [0.15, 0.2) is 0 Å². The summed E-state index contributed by atoms with van der Waals surface area (Å²) in [5.41, 5.74) is 7.28. The van der Waals surface area contributed by atoms with Crippen molar-refractivity contribution in [1.82, 2.24) is 0 Å². The van der Waals surface area contributed by atoms with Gasteiger partial charge in [-0.2, -0.15) is 0 Å². The number of ether oxygens (including phenoxy) is 1. The van der Waals surface area contributed by atoms with Gasteiger partial charge in [-0.25, -0.2) is 0 Å². The predicted octanol–water partition coefficient (Wildman–Crippen LogP) is 4.28. The zero-order valence-corrected chi connectivity index (χ0v) is 12.7. The lowest BCUT2D eigenvalue weighted by atomic mass is 9.93. The van der Waals surface area contributed by atoms with Gasteiger partial charge in [-0.3, -0.25) is 0 Å². The van der Waals surface area contributed by atoms with E-state index >= 15 is 0 Å². The molecule has 0 unspecified atom stereocenters. The van der Waals surface area contributed by atoms with Crippen molar-refractivity contribution in [3.8, 4) is 5.75 Å². The van der Waals surface area contributed by atoms with E-state index in [1.807, 2.05) is 25.1 Å². The third-order valence-electron chi connectivity index (χ3n) is 2.58. The van der Waals surface area contributed by atoms with E-state index in [2.05, 4.69) is 36.7 Å². The second-order valence-electron chi connectivity index (χ2n) is 5.63. The van der Waals surface area contributed by atoms with E-state index in [4.69, 9.17) is 10.5 Å². The van der Waals surface area contributed by atoms with E-state index < -0.39 is 0 Å². The first-order valence-corrected chi connectivity index (χ1v) is 6.77. The number of benzene rings is 1. The Hall–Kier alpha value is -0.540. The van der Waals surface area contributed by atoms with Crippen LogP contribution >= 0.6 is 15.9 Å². The van der Waals surface area contributed by atoms with Crippen LogP contribution in [0.3, 0.4) is 0 Å². The zero-order chi connectivity index (χ0) is 13.1. The van der Waals surface area contributed by atoms with Gasteiger partial charge in [0.05, 0.1) is 6.61 Å². The lowest BCUT2D eigenvalue weighted by Crippen LogP contribution is -2.13. The van der Waals surface area contributed by atoms with Gasteiger partial charge in [-0.05, 0) is 30.9 Å². The number of halogens is 1. The highest BCUT2D eigenvalue weighted by molar-refractivity contribution is 9.10. The highest BCUT2D eigenvalue weighted by Gasteiger charge is 2.12. The molecule has 1 aromatic rings. The molecule has 0 heterocycles. The second-order valence-corrected chi connectivity index (χ2v) is 6.55. The molecule has 0 aliphatic carbocycles. The van der Waals surface area contributed by atoms with E-state index in [1.54, 1.807) is 0 Å². The predicted molar refractivity (Wildman–Crippen MR) is 76.3 cm³/mol. The Kier molecular flexibility index (Phi) is 5.02. The smallest absolute Gasteiger partial charge is 0.125 e. The fourth-order valence-corrected chi connectivity index (χ4v) is 1.82. The van der Waals surface area contributed by atoms with E-state index in [9.17, 15) is 0 Å². The van der Waals surface area contributed by atoms with Crippen LogP contribution in [0.4, 0.5) is 0 Å². The molecule has 0 radical (unpaired) electrons. The minimum absolute atomic E-state index is 0.00673. The molecule has 1 aromatic carbocycles. The summed E-state index contributed by atoms with van der Waals surface area (Å²) < 4.78 is 6.87. The fourth-order valence-electron chi connectivity index (χ4n) is 1.48. The van der Waals surface area contributed by atoms with Crippen molar-refractivity contribution in [2.75, 3.05) is 6.61 Å². The Morgan fingerprint density at radius 1 is 1.35 bits per heavy atom. The molecule has 0 amide bonds. The van der Waals surface area contributed by atoms with Gasteiger partial charge < -0.3 is 10.5 Å². The molecule has 0 spiro atoms. The molecular weight excluding hydrogens is 278 g/mol. The van der Waals surface area contributed by atoms with Crippen molar-refractivity contribution >= 4 is 15.9 Å². The highest BCUT2D eigenvalue weighted by Crippen LogP contribution is 2.28. The van der Waals surface area contributed by atoms with Crippen molar-refractivity contribution in [1.29, 1.82) is 0 Å². The van der Waals surface area contributed by atoms with E-state index in [0.717, 1.165) is 28.8 Å². The van der Waals surface area contributed by atoms with Crippen molar-refractivity contribution in [2.24, 2.45) is 11.1 Å². The minimum atomic E-state index is -0.00673. The molecule has 0 bridgehead atoms. The average Bonchev–Trinajstić information content (AvgIpc) is 2.15. The topological polar surface area (TPSA) is 35.2 Å². The Balaban J connectivity index is 2.72. The maximum Gasteiger partial charge on any atom is 0.125 e. The standard InChI is InChI=1S/C14H22BrNO/c1-10(16)12-6-5-11(15)9-13(12)17-8-7-14(2,3)4/h5-6,9-10H,7-8,16H2,1-4H3/t10-/m1/s1. The molecule has 1 rings (SSSR count). The van der Waals surface area contributed by atoms with E-state index in [1.165, 1.54) is 0 Å². The molecule has 0 aromatic heterocycles. The Morgan fingerprint density at radius 3 is 2.53 bits per heavy atom. The molecule has 0 aliphatic rings. The van der Waals surface area contributed by atoms with Gasteiger partial charge in [0.1, 0.15) is 5.75 Å². The summed E-state index contributed by atoms with van der Waals surface area (Å²) in [5, 5.41) is 0. The van der Waals surface area contributed by atoms with Gasteiger partial charge in [0, 0.05) is 16.1 Å². The zero-order valence-electron chi connectivity index (χ0n) is 11.1. The van der Waals surface area contributed by atoms with Gasteiger partial charge >= 0.3 is 0 Å². The van der Waals surface area contributed by atoms with Crippen molar-refractivity contribution in [2.45, 2.75) is 40.2 Å². The van der Waals surface area contributed by atoms with Crippen LogP contribution in [0, 0.1) is 5.41 Å². The van der Waals surface area contributed by atoms with Gasteiger partial charge in [0.2, 0.25) is 0 Å². The molecule has 0 aliphatic heterocycles. The number of hydrogen-bond donors (Lipinski definition) is 1. The monoisotopic (exact) mass is 299 g/mol. The molecule has 96 valence electrons. The van der Waals surface area contributed by atoms with Crippen LogP contribution in [0.2, 0.25) is 0 Å². The van der Waals surface area contributed by atoms with E-state index in [-0.39, 0.29) is 6.04 Å². The van der Waals surface area contributed by atoms with Gasteiger partial charge in [-0.15, -0.1) is 0 Å². The molecule has 3 heteroatoms. The molecular formula is C14H22BrNO. The molecule has 17 heavy (non-hydrogen) atoms. The lowest BCUT2D eigenvalue weighted by molar-refractivity contribution is 0.240. The molecule has 0 fully saturated rings. The number of nitrogens with two attached hydrogens (primary N) is 1. The minimum Gasteiger partial charge on any atom is -0.493 e. The summed E-state index contributed by atoms with van der Waals surface area (Å²) in [4.78, 5) is 0. The molecule has 1 atom stereocenters. The van der Waals surface area contributed by atoms with Gasteiger partial charge in [0.25, 0.3) is 0 Å². The fraction of sp³-hybridized carbons (Fsp3) is 0.571. The first-order valence-electron chi connectivity index (χ1n) is 5.97. The Bertz CT molecular complexity index is 369. The number of rotatable bonds is 4. The normalized spacial score (nSPS) is 13.5. The second kappa shape index (κ2) is 5.87. The van der Waals surface area contributed by atoms with Crippen LogP contribution < -0.4 is 10.5 Å². The van der Waals surface area contributed by atoms with Crippen molar-refractivity contribution < 1.29 is 4.74 Å². The maximum atomic E-state index is 5.93. The maximum absolute atomic E-state index is 5.93. The molecule has 2 nitrogen and oxygen atoms in total. The lowest BCUT2D eigenvalue weighted by Gasteiger charge is -2.20. The largest absolute Gasteiger partial charge is 0.493 e. The van der Waals surface area contributed by atoms with Crippen molar-refractivity contribution in [3.63, 3.8) is 0 Å². The quantitative estimate of drug-likeness (QED) is 0.900. The summed E-state index contributed by atoms with van der Waals surface area (Å²) in [7, 11) is 0. The first-order chi connectivity index (χ1) is 7.79. The van der Waals surface area contributed by atoms with Crippen LogP contribution in [0.5, 0.6) is 5.75 Å². The SMILES string of the molecule is C[C@@H](N)c1ccc(Br)cc1OCCC(C)(C)C. The van der Waals surface area contributed by atoms with Crippen LogP contribution in [0.25, 0.3) is 0 Å². The summed E-state index contributed by atoms with van der Waals surface area (Å²) in [6.07, 6.45) is 1.03. The summed E-state index contributed by atoms with van der Waals surface area (Å²) >= 11 is 3.46. The third-order valence-corrected chi connectivity index (χ3v) is 3.07. The summed E-state index contributed by atoms with van der Waals surface area (Å²) in [5.74, 6) is 0.888. The summed E-state index contributed by atoms with van der Waals surface area (Å²) in [6, 6.07) is 5.99. The van der Waals surface area contributed by atoms with Crippen LogP contribution in [0.1, 0.15) is 45.7 Å². The molecule has 2 N–H and O–H groups in total. The van der Waals surface area contributed by atoms with E-state index in [0.29, 0.717) is 5.41 Å². The Morgan fingerprint density at radius 2 is 2.00 bits per heavy atom. The van der Waals surface area contributed by atoms with Crippen molar-refractivity contribution in [3.05, 3.63) is 28.2 Å².